The SMILES string of the molecule is C=CCn1c(O)c(/C(CC)=N\NC(=O)c2ccncc2)c(=O)[nH]c1=O. The zero-order valence-electron chi connectivity index (χ0n) is 13.5. The molecule has 0 fully saturated rings. The van der Waals surface area contributed by atoms with Gasteiger partial charge < -0.3 is 5.11 Å². The maximum Gasteiger partial charge on any atom is 0.331 e. The van der Waals surface area contributed by atoms with Gasteiger partial charge in [0.15, 0.2) is 0 Å². The number of hydrogen-bond acceptors (Lipinski definition) is 6. The number of hydrazone groups is 1. The monoisotopic (exact) mass is 343 g/mol. The number of aromatic hydroxyl groups is 1. The van der Waals surface area contributed by atoms with Crippen LogP contribution in [-0.2, 0) is 6.54 Å². The highest BCUT2D eigenvalue weighted by Crippen LogP contribution is 2.13. The molecule has 0 atom stereocenters. The third kappa shape index (κ3) is 3.89. The summed E-state index contributed by atoms with van der Waals surface area (Å²) in [5.41, 5.74) is 1.05. The van der Waals surface area contributed by atoms with E-state index in [-0.39, 0.29) is 24.2 Å². The lowest BCUT2D eigenvalue weighted by Gasteiger charge is -2.10. The number of aromatic amines is 1. The number of carbonyl (C=O) groups is 1. The summed E-state index contributed by atoms with van der Waals surface area (Å²) in [4.78, 5) is 41.8. The summed E-state index contributed by atoms with van der Waals surface area (Å²) in [5, 5.41) is 14.2. The summed E-state index contributed by atoms with van der Waals surface area (Å²) in [6.45, 7) is 5.20. The molecule has 0 bridgehead atoms. The van der Waals surface area contributed by atoms with Crippen LogP contribution in [0.15, 0.2) is 51.9 Å². The van der Waals surface area contributed by atoms with Crippen LogP contribution in [0.1, 0.15) is 29.3 Å². The first-order valence-electron chi connectivity index (χ1n) is 7.43. The minimum atomic E-state index is -0.790. The summed E-state index contributed by atoms with van der Waals surface area (Å²) in [6.07, 6.45) is 4.55. The summed E-state index contributed by atoms with van der Waals surface area (Å²) < 4.78 is 0.944. The molecule has 1 amide bonds. The molecule has 2 heterocycles. The second kappa shape index (κ2) is 7.86. The van der Waals surface area contributed by atoms with Crippen molar-refractivity contribution in [2.75, 3.05) is 0 Å². The van der Waals surface area contributed by atoms with Crippen molar-refractivity contribution in [2.45, 2.75) is 19.9 Å². The molecule has 25 heavy (non-hydrogen) atoms. The molecule has 3 N–H and O–H groups in total. The zero-order chi connectivity index (χ0) is 18.4. The fourth-order valence-corrected chi connectivity index (χ4v) is 2.12. The smallest absolute Gasteiger partial charge is 0.331 e. The molecule has 9 heteroatoms. The molecule has 2 aromatic heterocycles. The van der Waals surface area contributed by atoms with E-state index >= 15 is 0 Å². The third-order valence-corrected chi connectivity index (χ3v) is 3.34. The van der Waals surface area contributed by atoms with Gasteiger partial charge in [0.2, 0.25) is 5.88 Å². The van der Waals surface area contributed by atoms with E-state index in [1.807, 2.05) is 0 Å². The average Bonchev–Trinajstić information content (AvgIpc) is 2.61. The van der Waals surface area contributed by atoms with Gasteiger partial charge >= 0.3 is 5.69 Å². The second-order valence-corrected chi connectivity index (χ2v) is 4.95. The van der Waals surface area contributed by atoms with Gasteiger partial charge in [-0.3, -0.25) is 24.1 Å². The normalized spacial score (nSPS) is 11.2. The third-order valence-electron chi connectivity index (χ3n) is 3.34. The van der Waals surface area contributed by atoms with Crippen LogP contribution >= 0.6 is 0 Å². The molecule has 0 aliphatic carbocycles. The topological polar surface area (TPSA) is 129 Å². The lowest BCUT2D eigenvalue weighted by Crippen LogP contribution is -2.34. The maximum absolute atomic E-state index is 12.1. The number of carbonyl (C=O) groups excluding carboxylic acids is 1. The lowest BCUT2D eigenvalue weighted by atomic mass is 10.1. The van der Waals surface area contributed by atoms with Crippen molar-refractivity contribution in [3.05, 3.63) is 69.1 Å². The first kappa shape index (κ1) is 17.9. The molecule has 0 aromatic carbocycles. The Morgan fingerprint density at radius 2 is 2.12 bits per heavy atom. The highest BCUT2D eigenvalue weighted by Gasteiger charge is 2.18. The van der Waals surface area contributed by atoms with Gasteiger partial charge in [-0.1, -0.05) is 13.0 Å². The molecule has 0 spiro atoms. The van der Waals surface area contributed by atoms with Crippen LogP contribution in [0.4, 0.5) is 0 Å². The molecule has 0 unspecified atom stereocenters. The number of hydrogen-bond donors (Lipinski definition) is 3. The van der Waals surface area contributed by atoms with E-state index in [4.69, 9.17) is 0 Å². The fourth-order valence-electron chi connectivity index (χ4n) is 2.12. The molecule has 2 rings (SSSR count). The van der Waals surface area contributed by atoms with Crippen molar-refractivity contribution in [2.24, 2.45) is 5.10 Å². The van der Waals surface area contributed by atoms with Crippen molar-refractivity contribution in [1.29, 1.82) is 0 Å². The quantitative estimate of drug-likeness (QED) is 0.396. The maximum atomic E-state index is 12.1. The van der Waals surface area contributed by atoms with Crippen molar-refractivity contribution in [1.82, 2.24) is 20.0 Å². The Kier molecular flexibility index (Phi) is 5.62. The van der Waals surface area contributed by atoms with Crippen molar-refractivity contribution >= 4 is 11.6 Å². The van der Waals surface area contributed by atoms with E-state index in [1.54, 1.807) is 6.92 Å². The molecule has 0 aliphatic rings. The molecule has 0 saturated heterocycles. The van der Waals surface area contributed by atoms with E-state index in [9.17, 15) is 19.5 Å². The number of rotatable bonds is 6. The molecule has 9 nitrogen and oxygen atoms in total. The predicted molar refractivity (Wildman–Crippen MR) is 91.7 cm³/mol. The van der Waals surface area contributed by atoms with E-state index in [0.717, 1.165) is 4.57 Å². The average molecular weight is 343 g/mol. The van der Waals surface area contributed by atoms with E-state index in [0.29, 0.717) is 5.56 Å². The number of nitrogens with zero attached hydrogens (tertiary/aromatic N) is 3. The Morgan fingerprint density at radius 1 is 1.44 bits per heavy atom. The Labute approximate surface area is 142 Å². The number of nitrogens with one attached hydrogen (secondary N) is 2. The van der Waals surface area contributed by atoms with Gasteiger partial charge in [0.05, 0.1) is 5.71 Å². The minimum Gasteiger partial charge on any atom is -0.494 e. The Hall–Kier alpha value is -3.49. The van der Waals surface area contributed by atoms with Crippen LogP contribution in [0.2, 0.25) is 0 Å². The number of allylic oxidation sites excluding steroid dienone is 1. The van der Waals surface area contributed by atoms with Crippen molar-refractivity contribution < 1.29 is 9.90 Å². The standard InChI is InChI=1S/C16H17N5O4/c1-3-9-21-15(24)12(14(23)18-16(21)25)11(4-2)19-20-13(22)10-5-7-17-8-6-10/h3,5-8,24H,1,4,9H2,2H3,(H,20,22)(H,18,23,25)/b19-11-. The summed E-state index contributed by atoms with van der Waals surface area (Å²) >= 11 is 0. The van der Waals surface area contributed by atoms with E-state index < -0.39 is 23.0 Å². The number of aromatic nitrogens is 3. The molecular formula is C16H17N5O4. The lowest BCUT2D eigenvalue weighted by molar-refractivity contribution is 0.0954. The summed E-state index contributed by atoms with van der Waals surface area (Å²) in [7, 11) is 0. The molecule has 0 saturated carbocycles. The predicted octanol–water partition coefficient (Wildman–Crippen LogP) is 0.367. The zero-order valence-corrected chi connectivity index (χ0v) is 13.5. The highest BCUT2D eigenvalue weighted by atomic mass is 16.3. The van der Waals surface area contributed by atoms with Gasteiger partial charge in [0.25, 0.3) is 11.5 Å². The first-order chi connectivity index (χ1) is 12.0. The van der Waals surface area contributed by atoms with Crippen LogP contribution in [-0.4, -0.2) is 31.3 Å². The van der Waals surface area contributed by atoms with Crippen LogP contribution in [0.5, 0.6) is 5.88 Å². The second-order valence-electron chi connectivity index (χ2n) is 4.95. The summed E-state index contributed by atoms with van der Waals surface area (Å²) in [6, 6.07) is 3.01. The molecule has 0 radical (unpaired) electrons. The van der Waals surface area contributed by atoms with Crippen LogP contribution in [0.3, 0.4) is 0 Å². The Morgan fingerprint density at radius 3 is 2.72 bits per heavy atom. The minimum absolute atomic E-state index is 0.00875. The van der Waals surface area contributed by atoms with Crippen molar-refractivity contribution in [3.63, 3.8) is 0 Å². The molecular weight excluding hydrogens is 326 g/mol. The van der Waals surface area contributed by atoms with Gasteiger partial charge in [-0.05, 0) is 18.6 Å². The Bertz CT molecular complexity index is 928. The Balaban J connectivity index is 2.42. The number of pyridine rings is 1. The van der Waals surface area contributed by atoms with Crippen LogP contribution < -0.4 is 16.7 Å². The van der Waals surface area contributed by atoms with Gasteiger partial charge in [-0.15, -0.1) is 6.58 Å². The highest BCUT2D eigenvalue weighted by molar-refractivity contribution is 6.03. The van der Waals surface area contributed by atoms with Gasteiger partial charge in [0, 0.05) is 24.5 Å². The first-order valence-corrected chi connectivity index (χ1v) is 7.43. The van der Waals surface area contributed by atoms with Gasteiger partial charge in [-0.25, -0.2) is 10.2 Å². The van der Waals surface area contributed by atoms with Crippen LogP contribution in [0, 0.1) is 0 Å². The van der Waals surface area contributed by atoms with Crippen molar-refractivity contribution in [3.8, 4) is 5.88 Å². The van der Waals surface area contributed by atoms with Gasteiger partial charge in [-0.2, -0.15) is 5.10 Å². The fraction of sp³-hybridized carbons (Fsp3) is 0.188. The van der Waals surface area contributed by atoms with Gasteiger partial charge in [0.1, 0.15) is 5.56 Å². The molecule has 2 aromatic rings. The number of H-pyrrole nitrogens is 1. The summed E-state index contributed by atoms with van der Waals surface area (Å²) in [5.74, 6) is -1.03. The molecule has 130 valence electrons. The number of amides is 1. The molecule has 0 aliphatic heterocycles. The van der Waals surface area contributed by atoms with E-state index in [2.05, 4.69) is 27.1 Å². The largest absolute Gasteiger partial charge is 0.494 e. The van der Waals surface area contributed by atoms with Crippen LogP contribution in [0.25, 0.3) is 0 Å². The van der Waals surface area contributed by atoms with E-state index in [1.165, 1.54) is 30.6 Å².